The lowest BCUT2D eigenvalue weighted by atomic mass is 10.1. The number of carbonyl (C=O) groups excluding carboxylic acids is 1. The molecule has 1 amide bonds. The molecule has 0 aromatic heterocycles. The van der Waals surface area contributed by atoms with Crippen LogP contribution in [0.2, 0.25) is 0 Å². The molecule has 13 heavy (non-hydrogen) atoms. The first-order valence-electron chi connectivity index (χ1n) is 4.27. The maximum absolute atomic E-state index is 11.2. The predicted molar refractivity (Wildman–Crippen MR) is 47.2 cm³/mol. The lowest BCUT2D eigenvalue weighted by Crippen LogP contribution is -2.34. The Balaban J connectivity index is 2.58. The molecule has 72 valence electrons. The molecule has 0 bridgehead atoms. The van der Waals surface area contributed by atoms with Gasteiger partial charge in [-0.25, -0.2) is 0 Å². The van der Waals surface area contributed by atoms with Gasteiger partial charge in [-0.1, -0.05) is 6.08 Å². The molecule has 1 aliphatic rings. The van der Waals surface area contributed by atoms with Crippen molar-refractivity contribution in [1.82, 2.24) is 4.90 Å². The minimum Gasteiger partial charge on any atom is -0.481 e. The fraction of sp³-hybridized carbons (Fsp3) is 0.556. The highest BCUT2D eigenvalue weighted by Crippen LogP contribution is 2.20. The van der Waals surface area contributed by atoms with E-state index in [2.05, 4.69) is 6.58 Å². The maximum atomic E-state index is 11.2. The van der Waals surface area contributed by atoms with Gasteiger partial charge < -0.3 is 10.0 Å². The molecule has 1 fully saturated rings. The van der Waals surface area contributed by atoms with Crippen molar-refractivity contribution >= 4 is 11.9 Å². The zero-order chi connectivity index (χ0) is 9.84. The van der Waals surface area contributed by atoms with Gasteiger partial charge in [0.2, 0.25) is 5.91 Å². The quantitative estimate of drug-likeness (QED) is 0.650. The van der Waals surface area contributed by atoms with E-state index < -0.39 is 5.97 Å². The molecule has 1 aliphatic heterocycles. The second-order valence-electron chi connectivity index (χ2n) is 3.13. The average molecular weight is 183 g/mol. The number of carboxylic acid groups (broad SMARTS) is 1. The summed E-state index contributed by atoms with van der Waals surface area (Å²) in [6.45, 7) is 3.99. The van der Waals surface area contributed by atoms with Crippen LogP contribution in [0.15, 0.2) is 12.7 Å². The molecule has 1 atom stereocenters. The number of hydrogen-bond donors (Lipinski definition) is 1. The van der Waals surface area contributed by atoms with Crippen LogP contribution in [0.5, 0.6) is 0 Å². The molecule has 0 aromatic rings. The van der Waals surface area contributed by atoms with Gasteiger partial charge in [0.05, 0.1) is 6.42 Å². The first kappa shape index (κ1) is 9.77. The molecule has 0 spiro atoms. The standard InChI is InChI=1S/C9H13NO3/c1-2-5-10-7(6-9(12)13)3-4-8(10)11/h2,7H,1,3-6H2,(H,12,13). The van der Waals surface area contributed by atoms with Crippen molar-refractivity contribution in [2.75, 3.05) is 6.54 Å². The molecule has 1 N–H and O–H groups in total. The second kappa shape index (κ2) is 4.07. The molecule has 0 saturated carbocycles. The maximum Gasteiger partial charge on any atom is 0.305 e. The lowest BCUT2D eigenvalue weighted by Gasteiger charge is -2.21. The van der Waals surface area contributed by atoms with E-state index >= 15 is 0 Å². The summed E-state index contributed by atoms with van der Waals surface area (Å²) in [6.07, 6.45) is 2.78. The normalized spacial score (nSPS) is 22.0. The number of likely N-dealkylation sites (tertiary alicyclic amines) is 1. The highest BCUT2D eigenvalue weighted by Gasteiger charge is 2.31. The van der Waals surface area contributed by atoms with E-state index in [1.165, 1.54) is 0 Å². The summed E-state index contributed by atoms with van der Waals surface area (Å²) >= 11 is 0. The van der Waals surface area contributed by atoms with Crippen LogP contribution in [-0.2, 0) is 9.59 Å². The van der Waals surface area contributed by atoms with Crippen molar-refractivity contribution in [3.8, 4) is 0 Å². The average Bonchev–Trinajstić information content (AvgIpc) is 2.35. The molecule has 0 aromatic carbocycles. The van der Waals surface area contributed by atoms with Crippen molar-refractivity contribution in [2.45, 2.75) is 25.3 Å². The zero-order valence-corrected chi connectivity index (χ0v) is 7.40. The monoisotopic (exact) mass is 183 g/mol. The Bertz CT molecular complexity index is 237. The minimum atomic E-state index is -0.853. The molecule has 1 heterocycles. The molecular formula is C9H13NO3. The Labute approximate surface area is 76.8 Å². The zero-order valence-electron chi connectivity index (χ0n) is 7.40. The molecule has 1 saturated heterocycles. The summed E-state index contributed by atoms with van der Waals surface area (Å²) in [4.78, 5) is 23.3. The number of carboxylic acids is 1. The third-order valence-corrected chi connectivity index (χ3v) is 2.19. The first-order valence-corrected chi connectivity index (χ1v) is 4.27. The highest BCUT2D eigenvalue weighted by molar-refractivity contribution is 5.80. The molecule has 1 rings (SSSR count). The van der Waals surface area contributed by atoms with Crippen molar-refractivity contribution < 1.29 is 14.7 Å². The van der Waals surface area contributed by atoms with Crippen LogP contribution < -0.4 is 0 Å². The van der Waals surface area contributed by atoms with Gasteiger partial charge in [0, 0.05) is 19.0 Å². The predicted octanol–water partition coefficient (Wildman–Crippen LogP) is 0.638. The SMILES string of the molecule is C=CCN1C(=O)CCC1CC(=O)O. The summed E-state index contributed by atoms with van der Waals surface area (Å²) in [5.41, 5.74) is 0. The van der Waals surface area contributed by atoms with Crippen molar-refractivity contribution in [2.24, 2.45) is 0 Å². The van der Waals surface area contributed by atoms with Gasteiger partial charge in [0.15, 0.2) is 0 Å². The van der Waals surface area contributed by atoms with E-state index in [4.69, 9.17) is 5.11 Å². The van der Waals surface area contributed by atoms with Crippen LogP contribution >= 0.6 is 0 Å². The van der Waals surface area contributed by atoms with Gasteiger partial charge in [-0.15, -0.1) is 6.58 Å². The topological polar surface area (TPSA) is 57.6 Å². The number of aliphatic carboxylic acids is 1. The fourth-order valence-corrected chi connectivity index (χ4v) is 1.60. The largest absolute Gasteiger partial charge is 0.481 e. The summed E-state index contributed by atoms with van der Waals surface area (Å²) in [5, 5.41) is 8.58. The fourth-order valence-electron chi connectivity index (χ4n) is 1.60. The van der Waals surface area contributed by atoms with Crippen LogP contribution in [0.25, 0.3) is 0 Å². The Morgan fingerprint density at radius 1 is 1.77 bits per heavy atom. The van der Waals surface area contributed by atoms with E-state index in [9.17, 15) is 9.59 Å². The molecule has 1 unspecified atom stereocenters. The van der Waals surface area contributed by atoms with Crippen LogP contribution in [0, 0.1) is 0 Å². The molecule has 4 heteroatoms. The van der Waals surface area contributed by atoms with Gasteiger partial charge >= 0.3 is 5.97 Å². The van der Waals surface area contributed by atoms with E-state index in [0.29, 0.717) is 19.4 Å². The van der Waals surface area contributed by atoms with Crippen molar-refractivity contribution in [3.05, 3.63) is 12.7 Å². The van der Waals surface area contributed by atoms with E-state index in [1.807, 2.05) is 0 Å². The van der Waals surface area contributed by atoms with E-state index in [0.717, 1.165) is 0 Å². The van der Waals surface area contributed by atoms with E-state index in [1.54, 1.807) is 11.0 Å². The number of rotatable bonds is 4. The van der Waals surface area contributed by atoms with E-state index in [-0.39, 0.29) is 18.4 Å². The Morgan fingerprint density at radius 2 is 2.46 bits per heavy atom. The minimum absolute atomic E-state index is 0.0335. The third-order valence-electron chi connectivity index (χ3n) is 2.19. The highest BCUT2D eigenvalue weighted by atomic mass is 16.4. The third kappa shape index (κ3) is 2.31. The molecular weight excluding hydrogens is 170 g/mol. The van der Waals surface area contributed by atoms with Gasteiger partial charge in [-0.05, 0) is 6.42 Å². The van der Waals surface area contributed by atoms with Crippen LogP contribution in [0.4, 0.5) is 0 Å². The Hall–Kier alpha value is -1.32. The van der Waals surface area contributed by atoms with Crippen molar-refractivity contribution in [1.29, 1.82) is 0 Å². The van der Waals surface area contributed by atoms with Gasteiger partial charge in [0.25, 0.3) is 0 Å². The van der Waals surface area contributed by atoms with Crippen LogP contribution in [0.3, 0.4) is 0 Å². The molecule has 0 aliphatic carbocycles. The second-order valence-corrected chi connectivity index (χ2v) is 3.13. The Kier molecular flexibility index (Phi) is 3.06. The van der Waals surface area contributed by atoms with Gasteiger partial charge in [-0.2, -0.15) is 0 Å². The number of carbonyl (C=O) groups is 2. The number of nitrogens with zero attached hydrogens (tertiary/aromatic N) is 1. The molecule has 4 nitrogen and oxygen atoms in total. The summed E-state index contributed by atoms with van der Waals surface area (Å²) in [7, 11) is 0. The summed E-state index contributed by atoms with van der Waals surface area (Å²) in [5.74, 6) is -0.820. The van der Waals surface area contributed by atoms with Crippen LogP contribution in [0.1, 0.15) is 19.3 Å². The lowest BCUT2D eigenvalue weighted by molar-refractivity contribution is -0.138. The smallest absolute Gasteiger partial charge is 0.305 e. The number of amides is 1. The van der Waals surface area contributed by atoms with Crippen LogP contribution in [-0.4, -0.2) is 34.5 Å². The summed E-state index contributed by atoms with van der Waals surface area (Å²) < 4.78 is 0. The number of hydrogen-bond acceptors (Lipinski definition) is 2. The van der Waals surface area contributed by atoms with Gasteiger partial charge in [-0.3, -0.25) is 9.59 Å². The van der Waals surface area contributed by atoms with Gasteiger partial charge in [0.1, 0.15) is 0 Å². The first-order chi connectivity index (χ1) is 6.15. The Morgan fingerprint density at radius 3 is 3.00 bits per heavy atom. The molecule has 0 radical (unpaired) electrons. The summed E-state index contributed by atoms with van der Waals surface area (Å²) in [6, 6.07) is -0.136. The van der Waals surface area contributed by atoms with Crippen molar-refractivity contribution in [3.63, 3.8) is 0 Å².